The second kappa shape index (κ2) is 7.43. The average Bonchev–Trinajstić information content (AvgIpc) is 2.87. The number of carbonyl (C=O) groups is 2. The van der Waals surface area contributed by atoms with Gasteiger partial charge in [-0.05, 0) is 42.9 Å². The van der Waals surface area contributed by atoms with Gasteiger partial charge in [-0.3, -0.25) is 14.5 Å². The van der Waals surface area contributed by atoms with E-state index in [0.717, 1.165) is 38.0 Å². The number of rotatable bonds is 5. The summed E-state index contributed by atoms with van der Waals surface area (Å²) >= 11 is 0. The lowest BCUT2D eigenvalue weighted by Gasteiger charge is -2.35. The van der Waals surface area contributed by atoms with Crippen LogP contribution in [-0.2, 0) is 16.1 Å². The first-order valence-corrected chi connectivity index (χ1v) is 8.87. The third-order valence-electron chi connectivity index (χ3n) is 5.09. The Hall–Kier alpha value is -1.75. The number of hydrogen-bond donors (Lipinski definition) is 0. The topological polar surface area (TPSA) is 40.6 Å². The van der Waals surface area contributed by atoms with Crippen molar-refractivity contribution in [1.82, 2.24) is 9.80 Å². The predicted molar refractivity (Wildman–Crippen MR) is 89.8 cm³/mol. The van der Waals surface area contributed by atoms with Gasteiger partial charge in [-0.15, -0.1) is 0 Å². The van der Waals surface area contributed by atoms with Gasteiger partial charge < -0.3 is 4.90 Å². The minimum Gasteiger partial charge on any atom is -0.332 e. The molecule has 3 fully saturated rings. The predicted octanol–water partition coefficient (Wildman–Crippen LogP) is 2.62. The van der Waals surface area contributed by atoms with Crippen LogP contribution in [0.3, 0.4) is 0 Å². The highest BCUT2D eigenvalue weighted by Gasteiger charge is 2.38. The van der Waals surface area contributed by atoms with Gasteiger partial charge in [-0.25, -0.2) is 4.39 Å². The van der Waals surface area contributed by atoms with Gasteiger partial charge in [0.2, 0.25) is 5.78 Å². The van der Waals surface area contributed by atoms with Gasteiger partial charge in [-0.2, -0.15) is 0 Å². The summed E-state index contributed by atoms with van der Waals surface area (Å²) in [5.41, 5.74) is 1.08. The highest BCUT2D eigenvalue weighted by molar-refractivity contribution is 6.36. The molecule has 3 aliphatic rings. The molecule has 130 valence electrons. The van der Waals surface area contributed by atoms with Crippen LogP contribution in [0.5, 0.6) is 0 Å². The maximum Gasteiger partial charge on any atom is 0.290 e. The number of nitrogens with zero attached hydrogens (tertiary/aromatic N) is 2. The minimum atomic E-state index is -0.296. The number of piperidine rings is 1. The van der Waals surface area contributed by atoms with E-state index < -0.39 is 0 Å². The second-order valence-electron chi connectivity index (χ2n) is 7.05. The Bertz CT molecular complexity index is 602. The number of fused-ring (bicyclic) bond motifs is 4. The van der Waals surface area contributed by atoms with Gasteiger partial charge in [0.05, 0.1) is 0 Å². The van der Waals surface area contributed by atoms with Crippen LogP contribution in [0.2, 0.25) is 0 Å². The lowest BCUT2D eigenvalue weighted by Crippen LogP contribution is -2.49. The van der Waals surface area contributed by atoms with Crippen LogP contribution in [0.15, 0.2) is 24.3 Å². The van der Waals surface area contributed by atoms with Gasteiger partial charge in [0.25, 0.3) is 5.91 Å². The third-order valence-corrected chi connectivity index (χ3v) is 5.09. The van der Waals surface area contributed by atoms with Crippen molar-refractivity contribution in [1.29, 1.82) is 0 Å². The molecule has 24 heavy (non-hydrogen) atoms. The molecule has 2 atom stereocenters. The van der Waals surface area contributed by atoms with Crippen molar-refractivity contribution >= 4 is 11.7 Å². The monoisotopic (exact) mass is 332 g/mol. The lowest BCUT2D eigenvalue weighted by molar-refractivity contribution is -0.147. The van der Waals surface area contributed by atoms with Crippen molar-refractivity contribution in [2.45, 2.75) is 45.2 Å². The number of ketones is 1. The van der Waals surface area contributed by atoms with Crippen molar-refractivity contribution in [3.63, 3.8) is 0 Å². The van der Waals surface area contributed by atoms with E-state index in [0.29, 0.717) is 25.3 Å². The average molecular weight is 332 g/mol. The quantitative estimate of drug-likeness (QED) is 0.778. The molecule has 0 aromatic heterocycles. The number of benzene rings is 1. The summed E-state index contributed by atoms with van der Waals surface area (Å²) < 4.78 is 13.1. The summed E-state index contributed by atoms with van der Waals surface area (Å²) in [6.07, 6.45) is 3.13. The highest BCUT2D eigenvalue weighted by Crippen LogP contribution is 2.29. The first-order chi connectivity index (χ1) is 11.6. The van der Waals surface area contributed by atoms with E-state index in [1.54, 1.807) is 0 Å². The van der Waals surface area contributed by atoms with Crippen LogP contribution in [0.25, 0.3) is 0 Å². The Balaban J connectivity index is 1.67. The molecular weight excluding hydrogens is 307 g/mol. The summed E-state index contributed by atoms with van der Waals surface area (Å²) in [5.74, 6) is -0.353. The Morgan fingerprint density at radius 2 is 1.88 bits per heavy atom. The molecule has 5 heteroatoms. The molecule has 4 nitrogen and oxygen atoms in total. The molecule has 4 rings (SSSR count). The Morgan fingerprint density at radius 3 is 2.58 bits per heavy atom. The van der Waals surface area contributed by atoms with Crippen LogP contribution < -0.4 is 0 Å². The molecule has 2 bridgehead atoms. The van der Waals surface area contributed by atoms with Gasteiger partial charge in [0.15, 0.2) is 0 Å². The zero-order valence-electron chi connectivity index (χ0n) is 14.2. The molecule has 0 radical (unpaired) electrons. The number of hydrogen-bond acceptors (Lipinski definition) is 3. The maximum atomic E-state index is 13.1. The van der Waals surface area contributed by atoms with Crippen molar-refractivity contribution in [2.24, 2.45) is 5.92 Å². The molecule has 3 heterocycles. The third kappa shape index (κ3) is 3.83. The molecule has 0 aliphatic carbocycles. The summed E-state index contributed by atoms with van der Waals surface area (Å²) in [4.78, 5) is 28.6. The SMILES string of the molecule is CCCC(=O)C(=O)N1C[C@H]2CC[C@@H]1CN(Cc1ccc(F)cc1)C2. The number of Topliss-reactive ketones (excluding diaryl/α,β-unsaturated/α-hetero) is 1. The van der Waals surface area contributed by atoms with Crippen molar-refractivity contribution in [2.75, 3.05) is 19.6 Å². The van der Waals surface area contributed by atoms with Crippen LogP contribution in [-0.4, -0.2) is 47.2 Å². The first-order valence-electron chi connectivity index (χ1n) is 8.87. The molecular formula is C19H25FN2O2. The molecule has 0 spiro atoms. The molecule has 1 amide bonds. The van der Waals surface area contributed by atoms with E-state index >= 15 is 0 Å². The van der Waals surface area contributed by atoms with Crippen molar-refractivity contribution < 1.29 is 14.0 Å². The van der Waals surface area contributed by atoms with E-state index in [9.17, 15) is 14.0 Å². The minimum absolute atomic E-state index is 0.123. The largest absolute Gasteiger partial charge is 0.332 e. The summed E-state index contributed by atoms with van der Waals surface area (Å²) in [5, 5.41) is 0. The van der Waals surface area contributed by atoms with Gasteiger partial charge in [0.1, 0.15) is 5.82 Å². The summed E-state index contributed by atoms with van der Waals surface area (Å²) in [6, 6.07) is 6.73. The fourth-order valence-electron chi connectivity index (χ4n) is 3.90. The van der Waals surface area contributed by atoms with Gasteiger partial charge in [-0.1, -0.05) is 19.1 Å². The molecule has 1 aromatic carbocycles. The Kier molecular flexibility index (Phi) is 5.29. The standard InChI is InChI=1S/C19H25FN2O2/c1-2-3-18(23)19(24)22-12-15-6-9-17(22)13-21(11-15)10-14-4-7-16(20)8-5-14/h4-5,7-8,15,17H,2-3,6,9-13H2,1H3/t15-,17+/m0/s1. The van der Waals surface area contributed by atoms with Crippen LogP contribution in [0.4, 0.5) is 4.39 Å². The fourth-order valence-corrected chi connectivity index (χ4v) is 3.90. The van der Waals surface area contributed by atoms with Crippen LogP contribution in [0, 0.1) is 11.7 Å². The van der Waals surface area contributed by atoms with Crippen LogP contribution >= 0.6 is 0 Å². The molecule has 1 aromatic rings. The second-order valence-corrected chi connectivity index (χ2v) is 7.05. The number of amides is 1. The van der Waals surface area contributed by atoms with E-state index in [4.69, 9.17) is 0 Å². The Labute approximate surface area is 142 Å². The Morgan fingerprint density at radius 1 is 1.12 bits per heavy atom. The summed E-state index contributed by atoms with van der Waals surface area (Å²) in [7, 11) is 0. The zero-order valence-corrected chi connectivity index (χ0v) is 14.2. The van der Waals surface area contributed by atoms with E-state index in [1.807, 2.05) is 24.0 Å². The normalized spacial score (nSPS) is 24.0. The number of carbonyl (C=O) groups excluding carboxylic acids is 2. The van der Waals surface area contributed by atoms with Crippen molar-refractivity contribution in [3.8, 4) is 0 Å². The molecule has 0 saturated carbocycles. The number of halogens is 1. The maximum absolute atomic E-state index is 13.1. The molecule has 0 N–H and O–H groups in total. The van der Waals surface area contributed by atoms with E-state index in [2.05, 4.69) is 4.90 Å². The van der Waals surface area contributed by atoms with Crippen LogP contribution in [0.1, 0.15) is 38.2 Å². The van der Waals surface area contributed by atoms with Gasteiger partial charge in [0, 0.05) is 38.6 Å². The molecule has 0 unspecified atom stereocenters. The van der Waals surface area contributed by atoms with Crippen molar-refractivity contribution in [3.05, 3.63) is 35.6 Å². The van der Waals surface area contributed by atoms with E-state index in [1.165, 1.54) is 12.1 Å². The smallest absolute Gasteiger partial charge is 0.290 e. The summed E-state index contributed by atoms with van der Waals surface area (Å²) in [6.45, 7) is 5.10. The first kappa shape index (κ1) is 17.1. The highest BCUT2D eigenvalue weighted by atomic mass is 19.1. The zero-order chi connectivity index (χ0) is 17.1. The van der Waals surface area contributed by atoms with Gasteiger partial charge >= 0.3 is 0 Å². The fraction of sp³-hybridized carbons (Fsp3) is 0.579. The molecule has 3 aliphatic heterocycles. The lowest BCUT2D eigenvalue weighted by atomic mass is 9.94. The molecule has 3 saturated heterocycles. The van der Waals surface area contributed by atoms with E-state index in [-0.39, 0.29) is 23.5 Å².